The summed E-state index contributed by atoms with van der Waals surface area (Å²) in [6.45, 7) is 3.81. The highest BCUT2D eigenvalue weighted by molar-refractivity contribution is 6.32. The summed E-state index contributed by atoms with van der Waals surface area (Å²) in [5.74, 6) is 0.759. The zero-order chi connectivity index (χ0) is 17.6. The zero-order valence-electron chi connectivity index (χ0n) is 13.5. The van der Waals surface area contributed by atoms with E-state index in [2.05, 4.69) is 9.97 Å². The van der Waals surface area contributed by atoms with Crippen LogP contribution in [0.5, 0.6) is 11.6 Å². The molecule has 0 atom stereocenters. The first-order valence-electron chi connectivity index (χ1n) is 7.64. The van der Waals surface area contributed by atoms with Gasteiger partial charge in [0.2, 0.25) is 5.88 Å². The Morgan fingerprint density at radius 1 is 1.04 bits per heavy atom. The first-order valence-corrected chi connectivity index (χ1v) is 8.02. The van der Waals surface area contributed by atoms with Gasteiger partial charge in [-0.3, -0.25) is 0 Å². The van der Waals surface area contributed by atoms with Crippen LogP contribution in [-0.4, -0.2) is 9.97 Å². The molecule has 0 unspecified atom stereocenters. The number of nitrogens with zero attached hydrogens (tertiary/aromatic N) is 2. The van der Waals surface area contributed by atoms with Crippen LogP contribution in [-0.2, 0) is 0 Å². The number of benzene rings is 2. The topological polar surface area (TPSA) is 65.2 Å². The molecule has 0 aliphatic heterocycles. The number of halogens is 1. The minimum absolute atomic E-state index is 0.365. The highest BCUT2D eigenvalue weighted by Gasteiger charge is 2.13. The van der Waals surface area contributed by atoms with Crippen molar-refractivity contribution in [3.05, 3.63) is 69.3 Å². The second kappa shape index (κ2) is 5.86. The van der Waals surface area contributed by atoms with Gasteiger partial charge >= 0.3 is 5.63 Å². The van der Waals surface area contributed by atoms with Crippen molar-refractivity contribution in [2.24, 2.45) is 0 Å². The molecular weight excluding hydrogens is 340 g/mol. The predicted octanol–water partition coefficient (Wildman–Crippen LogP) is 4.80. The van der Waals surface area contributed by atoms with Gasteiger partial charge in [0.15, 0.2) is 5.75 Å². The van der Waals surface area contributed by atoms with Gasteiger partial charge in [-0.05, 0) is 37.6 Å². The Morgan fingerprint density at radius 3 is 2.72 bits per heavy atom. The molecule has 0 amide bonds. The lowest BCUT2D eigenvalue weighted by Crippen LogP contribution is -1.98. The molecule has 0 saturated heterocycles. The summed E-state index contributed by atoms with van der Waals surface area (Å²) in [6, 6.07) is 10.6. The third-order valence-electron chi connectivity index (χ3n) is 3.96. The number of aryl methyl sites for hydroxylation is 2. The van der Waals surface area contributed by atoms with E-state index in [0.29, 0.717) is 22.2 Å². The summed E-state index contributed by atoms with van der Waals surface area (Å²) >= 11 is 6.36. The summed E-state index contributed by atoms with van der Waals surface area (Å²) in [6.07, 6.45) is 1.44. The van der Waals surface area contributed by atoms with Gasteiger partial charge in [-0.2, -0.15) is 0 Å². The van der Waals surface area contributed by atoms with E-state index in [1.54, 1.807) is 12.1 Å². The van der Waals surface area contributed by atoms with Gasteiger partial charge in [0, 0.05) is 17.5 Å². The monoisotopic (exact) mass is 352 g/mol. The summed E-state index contributed by atoms with van der Waals surface area (Å²) in [5.41, 5.74) is 2.64. The van der Waals surface area contributed by atoms with Gasteiger partial charge in [-0.25, -0.2) is 14.8 Å². The van der Waals surface area contributed by atoms with Crippen molar-refractivity contribution < 1.29 is 9.15 Å². The van der Waals surface area contributed by atoms with Crippen LogP contribution in [0.1, 0.15) is 11.1 Å². The van der Waals surface area contributed by atoms with Crippen molar-refractivity contribution in [3.63, 3.8) is 0 Å². The first-order chi connectivity index (χ1) is 12.0. The molecule has 0 saturated carbocycles. The SMILES string of the molecule is Cc1ccc2ncnc(Oc3cc4oc(=O)cc(C)c4cc3Cl)c2c1. The molecule has 0 fully saturated rings. The molecule has 4 rings (SSSR count). The van der Waals surface area contributed by atoms with Crippen LogP contribution >= 0.6 is 11.6 Å². The largest absolute Gasteiger partial charge is 0.437 e. The summed E-state index contributed by atoms with van der Waals surface area (Å²) in [4.78, 5) is 20.1. The van der Waals surface area contributed by atoms with E-state index in [0.717, 1.165) is 27.4 Å². The van der Waals surface area contributed by atoms with Gasteiger partial charge in [-0.15, -0.1) is 0 Å². The number of fused-ring (bicyclic) bond motifs is 2. The Hall–Kier alpha value is -2.92. The summed E-state index contributed by atoms with van der Waals surface area (Å²) in [7, 11) is 0. The number of ether oxygens (including phenoxy) is 1. The van der Waals surface area contributed by atoms with Gasteiger partial charge in [-0.1, -0.05) is 23.2 Å². The summed E-state index contributed by atoms with van der Waals surface area (Å²) < 4.78 is 11.2. The van der Waals surface area contributed by atoms with E-state index in [4.69, 9.17) is 20.8 Å². The molecule has 0 spiro atoms. The smallest absolute Gasteiger partial charge is 0.336 e. The Kier molecular flexibility index (Phi) is 3.66. The predicted molar refractivity (Wildman–Crippen MR) is 96.6 cm³/mol. The Labute approximate surface area is 147 Å². The molecule has 2 aromatic carbocycles. The molecule has 0 N–H and O–H groups in total. The fourth-order valence-corrected chi connectivity index (χ4v) is 2.93. The maximum absolute atomic E-state index is 11.6. The number of aromatic nitrogens is 2. The van der Waals surface area contributed by atoms with Crippen LogP contribution < -0.4 is 10.4 Å². The van der Waals surface area contributed by atoms with E-state index in [1.165, 1.54) is 12.4 Å². The van der Waals surface area contributed by atoms with E-state index in [-0.39, 0.29) is 0 Å². The number of rotatable bonds is 2. The standard InChI is InChI=1S/C19H13ClN2O3/c1-10-3-4-15-13(5-10)19(22-9-21-15)25-17-8-16-12(7-14(17)20)11(2)6-18(23)24-16/h3-9H,1-2H3. The molecule has 124 valence electrons. The average Bonchev–Trinajstić information content (AvgIpc) is 2.57. The van der Waals surface area contributed by atoms with Gasteiger partial charge in [0.05, 0.1) is 15.9 Å². The van der Waals surface area contributed by atoms with E-state index < -0.39 is 5.63 Å². The van der Waals surface area contributed by atoms with Crippen LogP contribution in [0.15, 0.2) is 51.9 Å². The van der Waals surface area contributed by atoms with E-state index >= 15 is 0 Å². The lowest BCUT2D eigenvalue weighted by atomic mass is 10.1. The molecule has 0 aliphatic rings. The van der Waals surface area contributed by atoms with E-state index in [1.807, 2.05) is 32.0 Å². The number of hydrogen-bond acceptors (Lipinski definition) is 5. The molecule has 5 nitrogen and oxygen atoms in total. The van der Waals surface area contributed by atoms with Crippen LogP contribution in [0, 0.1) is 13.8 Å². The molecule has 6 heteroatoms. The van der Waals surface area contributed by atoms with Crippen molar-refractivity contribution in [1.82, 2.24) is 9.97 Å². The fraction of sp³-hybridized carbons (Fsp3) is 0.105. The summed E-state index contributed by atoms with van der Waals surface area (Å²) in [5, 5.41) is 1.95. The zero-order valence-corrected chi connectivity index (χ0v) is 14.3. The quantitative estimate of drug-likeness (QED) is 0.485. The Balaban J connectivity index is 1.87. The molecule has 0 radical (unpaired) electrons. The third kappa shape index (κ3) is 2.83. The second-order valence-corrected chi connectivity index (χ2v) is 6.24. The lowest BCUT2D eigenvalue weighted by molar-refractivity contribution is 0.466. The van der Waals surface area contributed by atoms with Crippen molar-refractivity contribution in [1.29, 1.82) is 0 Å². The Bertz CT molecular complexity index is 1180. The van der Waals surface area contributed by atoms with Crippen molar-refractivity contribution in [2.45, 2.75) is 13.8 Å². The maximum Gasteiger partial charge on any atom is 0.336 e. The van der Waals surface area contributed by atoms with Gasteiger partial charge < -0.3 is 9.15 Å². The van der Waals surface area contributed by atoms with Gasteiger partial charge in [0.1, 0.15) is 11.9 Å². The minimum Gasteiger partial charge on any atom is -0.437 e. The maximum atomic E-state index is 11.6. The number of hydrogen-bond donors (Lipinski definition) is 0. The molecule has 0 bridgehead atoms. The Morgan fingerprint density at radius 2 is 1.88 bits per heavy atom. The van der Waals surface area contributed by atoms with Gasteiger partial charge in [0.25, 0.3) is 0 Å². The molecule has 4 aromatic rings. The second-order valence-electron chi connectivity index (χ2n) is 5.83. The third-order valence-corrected chi connectivity index (χ3v) is 4.26. The normalized spacial score (nSPS) is 11.2. The van der Waals surface area contributed by atoms with Crippen molar-refractivity contribution >= 4 is 33.5 Å². The molecule has 0 aliphatic carbocycles. The van der Waals surface area contributed by atoms with Crippen molar-refractivity contribution in [2.75, 3.05) is 0 Å². The highest BCUT2D eigenvalue weighted by Crippen LogP contribution is 2.35. The molecule has 2 heterocycles. The van der Waals surface area contributed by atoms with Crippen LogP contribution in [0.2, 0.25) is 5.02 Å². The highest BCUT2D eigenvalue weighted by atomic mass is 35.5. The molecule has 2 aromatic heterocycles. The van der Waals surface area contributed by atoms with Crippen molar-refractivity contribution in [3.8, 4) is 11.6 Å². The average molecular weight is 353 g/mol. The first kappa shape index (κ1) is 15.6. The van der Waals surface area contributed by atoms with Crippen LogP contribution in [0.3, 0.4) is 0 Å². The molecule has 25 heavy (non-hydrogen) atoms. The minimum atomic E-state index is -0.415. The van der Waals surface area contributed by atoms with Crippen LogP contribution in [0.25, 0.3) is 21.9 Å². The van der Waals surface area contributed by atoms with Crippen LogP contribution in [0.4, 0.5) is 0 Å². The lowest BCUT2D eigenvalue weighted by Gasteiger charge is -2.10. The van der Waals surface area contributed by atoms with E-state index in [9.17, 15) is 4.79 Å². The fourth-order valence-electron chi connectivity index (χ4n) is 2.73. The molecular formula is C19H13ClN2O3.